The van der Waals surface area contributed by atoms with Crippen LogP contribution in [-0.4, -0.2) is 32.7 Å². The third-order valence-electron chi connectivity index (χ3n) is 4.56. The van der Waals surface area contributed by atoms with Gasteiger partial charge in [-0.05, 0) is 36.2 Å². The van der Waals surface area contributed by atoms with Crippen molar-refractivity contribution in [3.05, 3.63) is 59.4 Å². The SMILES string of the molecule is CC(C)[C@@H](CO)Nc1nc(Nc2ccc(C(F)(F)F)cc2Cl)cc(-c2cccnc2)n1. The number of anilines is 3. The minimum atomic E-state index is -4.49. The molecule has 3 aromatic rings. The van der Waals surface area contributed by atoms with Gasteiger partial charge in [0.15, 0.2) is 0 Å². The van der Waals surface area contributed by atoms with Crippen molar-refractivity contribution in [1.82, 2.24) is 15.0 Å². The van der Waals surface area contributed by atoms with E-state index in [0.29, 0.717) is 11.5 Å². The third-order valence-corrected chi connectivity index (χ3v) is 4.87. The molecule has 10 heteroatoms. The molecule has 164 valence electrons. The van der Waals surface area contributed by atoms with Gasteiger partial charge in [0.25, 0.3) is 0 Å². The summed E-state index contributed by atoms with van der Waals surface area (Å²) in [5, 5.41) is 15.6. The lowest BCUT2D eigenvalue weighted by atomic mass is 10.1. The number of rotatable bonds is 7. The third kappa shape index (κ3) is 5.83. The van der Waals surface area contributed by atoms with E-state index in [1.807, 2.05) is 19.9 Å². The number of pyridine rings is 1. The molecule has 0 fully saturated rings. The van der Waals surface area contributed by atoms with E-state index in [-0.39, 0.29) is 35.2 Å². The summed E-state index contributed by atoms with van der Waals surface area (Å²) in [6.07, 6.45) is -1.23. The van der Waals surface area contributed by atoms with Crippen LogP contribution in [0.25, 0.3) is 11.3 Å². The van der Waals surface area contributed by atoms with E-state index in [1.165, 1.54) is 6.07 Å². The molecule has 0 aliphatic carbocycles. The Morgan fingerprint density at radius 2 is 1.90 bits per heavy atom. The van der Waals surface area contributed by atoms with Gasteiger partial charge in [-0.15, -0.1) is 0 Å². The summed E-state index contributed by atoms with van der Waals surface area (Å²) in [6.45, 7) is 3.77. The first-order chi connectivity index (χ1) is 14.7. The number of aromatic nitrogens is 3. The van der Waals surface area contributed by atoms with E-state index in [2.05, 4.69) is 25.6 Å². The van der Waals surface area contributed by atoms with E-state index < -0.39 is 11.7 Å². The van der Waals surface area contributed by atoms with Gasteiger partial charge in [-0.1, -0.05) is 25.4 Å². The molecule has 0 saturated heterocycles. The number of alkyl halides is 3. The summed E-state index contributed by atoms with van der Waals surface area (Å²) in [5.74, 6) is 0.675. The van der Waals surface area contributed by atoms with E-state index >= 15 is 0 Å². The number of hydrogen-bond acceptors (Lipinski definition) is 6. The summed E-state index contributed by atoms with van der Waals surface area (Å²) >= 11 is 6.07. The van der Waals surface area contributed by atoms with Crippen LogP contribution < -0.4 is 10.6 Å². The molecule has 0 unspecified atom stereocenters. The summed E-state index contributed by atoms with van der Waals surface area (Å²) in [5.41, 5.74) is 0.682. The number of hydrogen-bond donors (Lipinski definition) is 3. The summed E-state index contributed by atoms with van der Waals surface area (Å²) in [6, 6.07) is 7.97. The molecule has 0 aliphatic heterocycles. The predicted octanol–water partition coefficient (Wildman–Crippen LogP) is 5.38. The number of nitrogens with zero attached hydrogens (tertiary/aromatic N) is 3. The Labute approximate surface area is 182 Å². The fourth-order valence-electron chi connectivity index (χ4n) is 2.76. The second kappa shape index (κ2) is 9.49. The normalized spacial score (nSPS) is 12.6. The van der Waals surface area contributed by atoms with Gasteiger partial charge in [-0.2, -0.15) is 18.2 Å². The zero-order valence-corrected chi connectivity index (χ0v) is 17.5. The molecular weight excluding hydrogens is 431 g/mol. The molecule has 0 saturated carbocycles. The molecular formula is C21H21ClF3N5O. The van der Waals surface area contributed by atoms with Crippen molar-refractivity contribution in [2.45, 2.75) is 26.1 Å². The summed E-state index contributed by atoms with van der Waals surface area (Å²) in [4.78, 5) is 13.0. The van der Waals surface area contributed by atoms with Crippen LogP contribution in [0.3, 0.4) is 0 Å². The maximum atomic E-state index is 12.9. The quantitative estimate of drug-likeness (QED) is 0.447. The van der Waals surface area contributed by atoms with Crippen LogP contribution in [0.15, 0.2) is 48.8 Å². The van der Waals surface area contributed by atoms with Gasteiger partial charge in [0.05, 0.1) is 34.6 Å². The molecule has 0 amide bonds. The number of halogens is 4. The van der Waals surface area contributed by atoms with E-state index in [9.17, 15) is 18.3 Å². The van der Waals surface area contributed by atoms with Crippen molar-refractivity contribution in [1.29, 1.82) is 0 Å². The Kier molecular flexibility index (Phi) is 6.97. The molecule has 0 bridgehead atoms. The minimum absolute atomic E-state index is 0.0960. The highest BCUT2D eigenvalue weighted by atomic mass is 35.5. The van der Waals surface area contributed by atoms with Gasteiger partial charge in [0.1, 0.15) is 5.82 Å². The van der Waals surface area contributed by atoms with Gasteiger partial charge < -0.3 is 15.7 Å². The topological polar surface area (TPSA) is 83.0 Å². The van der Waals surface area contributed by atoms with E-state index in [4.69, 9.17) is 11.6 Å². The lowest BCUT2D eigenvalue weighted by Gasteiger charge is -2.21. The summed E-state index contributed by atoms with van der Waals surface area (Å²) < 4.78 is 38.7. The average molecular weight is 452 g/mol. The van der Waals surface area contributed by atoms with E-state index in [1.54, 1.807) is 24.5 Å². The molecule has 1 atom stereocenters. The molecule has 3 N–H and O–H groups in total. The number of nitrogens with one attached hydrogen (secondary N) is 2. The van der Waals surface area contributed by atoms with Crippen molar-refractivity contribution in [2.24, 2.45) is 5.92 Å². The van der Waals surface area contributed by atoms with Gasteiger partial charge in [-0.3, -0.25) is 4.98 Å². The maximum absolute atomic E-state index is 12.9. The molecule has 0 spiro atoms. The van der Waals surface area contributed by atoms with Gasteiger partial charge in [-0.25, -0.2) is 4.98 Å². The first kappa shape index (κ1) is 22.8. The van der Waals surface area contributed by atoms with Gasteiger partial charge in [0.2, 0.25) is 5.95 Å². The smallest absolute Gasteiger partial charge is 0.394 e. The average Bonchev–Trinajstić information content (AvgIpc) is 2.73. The zero-order valence-electron chi connectivity index (χ0n) is 16.8. The molecule has 2 aromatic heterocycles. The number of aliphatic hydroxyl groups is 1. The van der Waals surface area contributed by atoms with Crippen LogP contribution in [0.1, 0.15) is 19.4 Å². The zero-order chi connectivity index (χ0) is 22.6. The highest BCUT2D eigenvalue weighted by Crippen LogP contribution is 2.35. The van der Waals surface area contributed by atoms with Crippen molar-refractivity contribution in [2.75, 3.05) is 17.2 Å². The van der Waals surface area contributed by atoms with Crippen molar-refractivity contribution >= 4 is 29.1 Å². The maximum Gasteiger partial charge on any atom is 0.416 e. The first-order valence-corrected chi connectivity index (χ1v) is 9.86. The molecule has 2 heterocycles. The number of aliphatic hydroxyl groups excluding tert-OH is 1. The predicted molar refractivity (Wildman–Crippen MR) is 114 cm³/mol. The van der Waals surface area contributed by atoms with Crippen LogP contribution in [-0.2, 0) is 6.18 Å². The van der Waals surface area contributed by atoms with Crippen LogP contribution in [0.5, 0.6) is 0 Å². The Morgan fingerprint density at radius 3 is 2.48 bits per heavy atom. The largest absolute Gasteiger partial charge is 0.416 e. The van der Waals surface area contributed by atoms with Crippen LogP contribution >= 0.6 is 11.6 Å². The summed E-state index contributed by atoms with van der Waals surface area (Å²) in [7, 11) is 0. The second-order valence-electron chi connectivity index (χ2n) is 7.20. The van der Waals surface area contributed by atoms with Gasteiger partial charge >= 0.3 is 6.18 Å². The lowest BCUT2D eigenvalue weighted by Crippen LogP contribution is -2.30. The van der Waals surface area contributed by atoms with Crippen molar-refractivity contribution in [3.8, 4) is 11.3 Å². The monoisotopic (exact) mass is 451 g/mol. The first-order valence-electron chi connectivity index (χ1n) is 9.48. The molecule has 0 aliphatic rings. The molecule has 3 rings (SSSR count). The fraction of sp³-hybridized carbons (Fsp3) is 0.286. The molecule has 6 nitrogen and oxygen atoms in total. The highest BCUT2D eigenvalue weighted by molar-refractivity contribution is 6.33. The second-order valence-corrected chi connectivity index (χ2v) is 7.61. The Morgan fingerprint density at radius 1 is 1.13 bits per heavy atom. The minimum Gasteiger partial charge on any atom is -0.394 e. The van der Waals surface area contributed by atoms with Crippen LogP contribution in [0.2, 0.25) is 5.02 Å². The molecule has 31 heavy (non-hydrogen) atoms. The highest BCUT2D eigenvalue weighted by Gasteiger charge is 2.31. The number of benzene rings is 1. The standard InChI is InChI=1S/C21H21ClF3N5O/c1-12(2)18(11-31)29-20-28-17(13-4-3-7-26-10-13)9-19(30-20)27-16-6-5-14(8-15(16)22)21(23,24)25/h3-10,12,18,31H,11H2,1-2H3,(H2,27,28,29,30)/t18-/m1/s1. The molecule has 0 radical (unpaired) electrons. The van der Waals surface area contributed by atoms with E-state index in [0.717, 1.165) is 17.7 Å². The molecule has 1 aromatic carbocycles. The van der Waals surface area contributed by atoms with Gasteiger partial charge in [0, 0.05) is 24.0 Å². The Balaban J connectivity index is 1.98. The van der Waals surface area contributed by atoms with Crippen molar-refractivity contribution < 1.29 is 18.3 Å². The van der Waals surface area contributed by atoms with Crippen LogP contribution in [0, 0.1) is 5.92 Å². The Hall–Kier alpha value is -2.91. The lowest BCUT2D eigenvalue weighted by molar-refractivity contribution is -0.137. The fourth-order valence-corrected chi connectivity index (χ4v) is 2.99. The Bertz CT molecular complexity index is 1030. The van der Waals surface area contributed by atoms with Crippen LogP contribution in [0.4, 0.5) is 30.6 Å². The van der Waals surface area contributed by atoms with Crippen molar-refractivity contribution in [3.63, 3.8) is 0 Å².